The van der Waals surface area contributed by atoms with Gasteiger partial charge in [-0.15, -0.1) is 11.3 Å². The van der Waals surface area contributed by atoms with E-state index in [1.165, 1.54) is 18.4 Å². The molecule has 1 amide bonds. The molecule has 27 heavy (non-hydrogen) atoms. The highest BCUT2D eigenvalue weighted by atomic mass is 35.5. The first-order chi connectivity index (χ1) is 12.6. The monoisotopic (exact) mass is 433 g/mol. The molecular weight excluding hydrogens is 420 g/mol. The van der Waals surface area contributed by atoms with Crippen LogP contribution in [-0.2, 0) is 14.3 Å². The lowest BCUT2D eigenvalue weighted by molar-refractivity contribution is -0.119. The first-order valence-corrected chi connectivity index (χ1v) is 9.02. The van der Waals surface area contributed by atoms with Crippen LogP contribution in [0.5, 0.6) is 0 Å². The number of hydrogen-bond acceptors (Lipinski definition) is 6. The van der Waals surface area contributed by atoms with Gasteiger partial charge in [0.2, 0.25) is 0 Å². The molecule has 10 heteroatoms. The molecule has 1 aromatic carbocycles. The van der Waals surface area contributed by atoms with Gasteiger partial charge in [-0.3, -0.25) is 4.79 Å². The van der Waals surface area contributed by atoms with Gasteiger partial charge < -0.3 is 14.8 Å². The molecule has 0 saturated carbocycles. The molecule has 2 aromatic rings. The molecule has 2 rings (SSSR count). The van der Waals surface area contributed by atoms with Gasteiger partial charge in [0.05, 0.1) is 28.3 Å². The highest BCUT2D eigenvalue weighted by Crippen LogP contribution is 2.33. The maximum atomic E-state index is 13.5. The summed E-state index contributed by atoms with van der Waals surface area (Å²) in [5, 5.41) is 2.44. The van der Waals surface area contributed by atoms with Crippen LogP contribution in [0.2, 0.25) is 10.0 Å². The molecule has 0 saturated heterocycles. The third-order valence-electron chi connectivity index (χ3n) is 3.59. The molecule has 0 aliphatic heterocycles. The lowest BCUT2D eigenvalue weighted by Gasteiger charge is -2.08. The second kappa shape index (κ2) is 8.69. The third kappa shape index (κ3) is 4.77. The van der Waals surface area contributed by atoms with Gasteiger partial charge in [-0.2, -0.15) is 0 Å². The first-order valence-electron chi connectivity index (χ1n) is 7.45. The Hall–Kier alpha value is -2.16. The highest BCUT2D eigenvalue weighted by molar-refractivity contribution is 7.16. The van der Waals surface area contributed by atoms with Crippen LogP contribution >= 0.6 is 34.5 Å². The highest BCUT2D eigenvalue weighted by Gasteiger charge is 2.22. The number of anilines is 1. The lowest BCUT2D eigenvalue weighted by Crippen LogP contribution is -2.22. The van der Waals surface area contributed by atoms with Crippen LogP contribution in [0.4, 0.5) is 9.39 Å². The minimum Gasteiger partial charge on any atom is -0.465 e. The Kier molecular flexibility index (Phi) is 6.80. The quantitative estimate of drug-likeness (QED) is 0.558. The molecule has 1 aromatic heterocycles. The molecule has 0 aliphatic rings. The van der Waals surface area contributed by atoms with Crippen molar-refractivity contribution in [3.8, 4) is 0 Å². The Labute approximate surface area is 168 Å². The number of carbonyl (C=O) groups excluding carboxylic acids is 3. The number of methoxy groups -OCH3 is 1. The first kappa shape index (κ1) is 21.1. The van der Waals surface area contributed by atoms with Crippen molar-refractivity contribution in [1.82, 2.24) is 0 Å². The zero-order valence-corrected chi connectivity index (χ0v) is 16.8. The minimum atomic E-state index is -0.988. The zero-order valence-electron chi connectivity index (χ0n) is 14.4. The van der Waals surface area contributed by atoms with Gasteiger partial charge in [-0.25, -0.2) is 14.0 Å². The fraction of sp³-hybridized carbons (Fsp3) is 0.235. The number of rotatable bonds is 5. The van der Waals surface area contributed by atoms with E-state index < -0.39 is 30.3 Å². The fourth-order valence-corrected chi connectivity index (χ4v) is 3.64. The molecule has 6 nitrogen and oxygen atoms in total. The molecule has 0 atom stereocenters. The third-order valence-corrected chi connectivity index (χ3v) is 5.32. The topological polar surface area (TPSA) is 81.7 Å². The molecular formula is C17H14Cl2FNO5S. The van der Waals surface area contributed by atoms with Crippen LogP contribution in [0.3, 0.4) is 0 Å². The predicted molar refractivity (Wildman–Crippen MR) is 100 cm³/mol. The van der Waals surface area contributed by atoms with Crippen LogP contribution in [0, 0.1) is 19.7 Å². The summed E-state index contributed by atoms with van der Waals surface area (Å²) in [5.41, 5.74) is 0.662. The van der Waals surface area contributed by atoms with Crippen molar-refractivity contribution in [3.63, 3.8) is 0 Å². The van der Waals surface area contributed by atoms with E-state index in [1.54, 1.807) is 13.8 Å². The number of aryl methyl sites for hydroxylation is 1. The molecule has 0 fully saturated rings. The van der Waals surface area contributed by atoms with Crippen LogP contribution in [0.15, 0.2) is 12.1 Å². The Morgan fingerprint density at radius 3 is 2.44 bits per heavy atom. The van der Waals surface area contributed by atoms with Crippen LogP contribution in [-0.4, -0.2) is 31.6 Å². The molecule has 0 aliphatic carbocycles. The van der Waals surface area contributed by atoms with E-state index in [4.69, 9.17) is 32.7 Å². The lowest BCUT2D eigenvalue weighted by atomic mass is 10.1. The molecule has 0 bridgehead atoms. The number of ether oxygens (including phenoxy) is 2. The van der Waals surface area contributed by atoms with E-state index in [1.807, 2.05) is 0 Å². The molecule has 1 N–H and O–H groups in total. The number of thiophene rings is 1. The smallest absolute Gasteiger partial charge is 0.341 e. The van der Waals surface area contributed by atoms with Gasteiger partial charge in [0.15, 0.2) is 6.61 Å². The summed E-state index contributed by atoms with van der Waals surface area (Å²) < 4.78 is 23.0. The van der Waals surface area contributed by atoms with Crippen molar-refractivity contribution in [2.75, 3.05) is 19.0 Å². The largest absolute Gasteiger partial charge is 0.465 e. The molecule has 0 radical (unpaired) electrons. The summed E-state index contributed by atoms with van der Waals surface area (Å²) in [7, 11) is 1.23. The van der Waals surface area contributed by atoms with Crippen molar-refractivity contribution >= 4 is 57.4 Å². The molecule has 1 heterocycles. The van der Waals surface area contributed by atoms with Crippen molar-refractivity contribution < 1.29 is 28.2 Å². The Morgan fingerprint density at radius 2 is 1.81 bits per heavy atom. The Bertz CT molecular complexity index is 929. The van der Waals surface area contributed by atoms with Crippen molar-refractivity contribution in [3.05, 3.63) is 49.6 Å². The van der Waals surface area contributed by atoms with E-state index in [-0.39, 0.29) is 26.2 Å². The van der Waals surface area contributed by atoms with Crippen LogP contribution in [0.1, 0.15) is 31.2 Å². The molecule has 144 valence electrons. The SMILES string of the molecule is COC(=O)c1c(NC(=O)COC(=O)c2cc(F)c(Cl)cc2Cl)sc(C)c1C. The number of benzene rings is 1. The van der Waals surface area contributed by atoms with Crippen LogP contribution in [0.25, 0.3) is 0 Å². The Morgan fingerprint density at radius 1 is 1.15 bits per heavy atom. The maximum Gasteiger partial charge on any atom is 0.341 e. The van der Waals surface area contributed by atoms with Gasteiger partial charge in [0.25, 0.3) is 5.91 Å². The Balaban J connectivity index is 2.07. The summed E-state index contributed by atoms with van der Waals surface area (Å²) in [6.07, 6.45) is 0. The number of nitrogens with one attached hydrogen (secondary N) is 1. The summed E-state index contributed by atoms with van der Waals surface area (Å²) >= 11 is 12.6. The van der Waals surface area contributed by atoms with E-state index in [2.05, 4.69) is 5.32 Å². The zero-order chi connectivity index (χ0) is 20.3. The second-order valence-electron chi connectivity index (χ2n) is 5.35. The number of esters is 2. The predicted octanol–water partition coefficient (Wildman–Crippen LogP) is 4.39. The number of carbonyl (C=O) groups is 3. The van der Waals surface area contributed by atoms with Crippen LogP contribution < -0.4 is 5.32 Å². The summed E-state index contributed by atoms with van der Waals surface area (Å²) in [6, 6.07) is 1.89. The van der Waals surface area contributed by atoms with Crippen molar-refractivity contribution in [1.29, 1.82) is 0 Å². The van der Waals surface area contributed by atoms with Gasteiger partial charge >= 0.3 is 11.9 Å². The van der Waals surface area contributed by atoms with Gasteiger partial charge in [0, 0.05) is 4.88 Å². The summed E-state index contributed by atoms with van der Waals surface area (Å²) in [5.74, 6) is -3.10. The van der Waals surface area contributed by atoms with E-state index in [0.717, 1.165) is 17.0 Å². The second-order valence-corrected chi connectivity index (χ2v) is 7.39. The van der Waals surface area contributed by atoms with E-state index in [0.29, 0.717) is 5.56 Å². The van der Waals surface area contributed by atoms with E-state index >= 15 is 0 Å². The fourth-order valence-electron chi connectivity index (χ4n) is 2.11. The normalized spacial score (nSPS) is 10.4. The minimum absolute atomic E-state index is 0.107. The number of amides is 1. The number of hydrogen-bond donors (Lipinski definition) is 1. The van der Waals surface area contributed by atoms with Crippen molar-refractivity contribution in [2.45, 2.75) is 13.8 Å². The van der Waals surface area contributed by atoms with Gasteiger partial charge in [-0.1, -0.05) is 23.2 Å². The van der Waals surface area contributed by atoms with Gasteiger partial charge in [-0.05, 0) is 31.5 Å². The average molecular weight is 434 g/mol. The van der Waals surface area contributed by atoms with Gasteiger partial charge in [0.1, 0.15) is 10.8 Å². The summed E-state index contributed by atoms with van der Waals surface area (Å²) in [6.45, 7) is 2.86. The average Bonchev–Trinajstić information content (AvgIpc) is 2.89. The van der Waals surface area contributed by atoms with Crippen molar-refractivity contribution in [2.24, 2.45) is 0 Å². The molecule has 0 spiro atoms. The van der Waals surface area contributed by atoms with E-state index in [9.17, 15) is 18.8 Å². The maximum absolute atomic E-state index is 13.5. The molecule has 0 unspecified atom stereocenters. The standard InChI is InChI=1S/C17H14Cl2FNO5S/c1-7-8(2)27-15(14(7)17(24)25-3)21-13(22)6-26-16(23)9-4-12(20)11(19)5-10(9)18/h4-5H,6H2,1-3H3,(H,21,22). The summed E-state index contributed by atoms with van der Waals surface area (Å²) in [4.78, 5) is 36.8. The number of halogens is 3.